The van der Waals surface area contributed by atoms with E-state index in [9.17, 15) is 4.79 Å². The minimum Gasteiger partial charge on any atom is -0.431 e. The van der Waals surface area contributed by atoms with E-state index in [-0.39, 0.29) is 11.7 Å². The number of nitrogens with zero attached hydrogens (tertiary/aromatic N) is 2. The van der Waals surface area contributed by atoms with Crippen LogP contribution in [0.5, 0.6) is 0 Å². The van der Waals surface area contributed by atoms with Crippen molar-refractivity contribution in [2.24, 2.45) is 5.10 Å². The Kier molecular flexibility index (Phi) is 5.64. The number of rotatable bonds is 6. The molecule has 3 rings (SSSR count). The number of oxazole rings is 1. The molecule has 0 saturated heterocycles. The Morgan fingerprint density at radius 3 is 2.76 bits per heavy atom. The van der Waals surface area contributed by atoms with Gasteiger partial charge < -0.3 is 4.42 Å². The third kappa shape index (κ3) is 5.06. The van der Waals surface area contributed by atoms with Gasteiger partial charge in [0.1, 0.15) is 5.52 Å². The number of benzene rings is 2. The number of allylic oxidation sites excluding steroid dienone is 1. The molecule has 6 heteroatoms. The van der Waals surface area contributed by atoms with Gasteiger partial charge in [-0.15, -0.1) is 0 Å². The monoisotopic (exact) mass is 351 g/mol. The van der Waals surface area contributed by atoms with Crippen molar-refractivity contribution >= 4 is 41.1 Å². The number of hydrazone groups is 1. The van der Waals surface area contributed by atoms with Crippen molar-refractivity contribution in [1.29, 1.82) is 0 Å². The predicted molar refractivity (Wildman–Crippen MR) is 101 cm³/mol. The molecule has 25 heavy (non-hydrogen) atoms. The van der Waals surface area contributed by atoms with E-state index in [4.69, 9.17) is 4.42 Å². The van der Waals surface area contributed by atoms with Gasteiger partial charge >= 0.3 is 0 Å². The SMILES string of the molecule is CC(/C=N\NC(=O)CSc1nc2ccccc2o1)=C/c1ccccc1. The molecule has 0 aliphatic heterocycles. The number of aromatic nitrogens is 1. The van der Waals surface area contributed by atoms with Gasteiger partial charge in [0.15, 0.2) is 5.58 Å². The van der Waals surface area contributed by atoms with Crippen LogP contribution >= 0.6 is 11.8 Å². The summed E-state index contributed by atoms with van der Waals surface area (Å²) in [6, 6.07) is 17.4. The number of carbonyl (C=O) groups excluding carboxylic acids is 1. The summed E-state index contributed by atoms with van der Waals surface area (Å²) >= 11 is 1.24. The van der Waals surface area contributed by atoms with Crippen LogP contribution in [0.1, 0.15) is 12.5 Å². The van der Waals surface area contributed by atoms with E-state index in [0.29, 0.717) is 10.8 Å². The van der Waals surface area contributed by atoms with E-state index in [1.807, 2.05) is 67.6 Å². The lowest BCUT2D eigenvalue weighted by atomic mass is 10.1. The third-order valence-electron chi connectivity index (χ3n) is 3.25. The molecule has 1 aromatic heterocycles. The highest BCUT2D eigenvalue weighted by molar-refractivity contribution is 7.99. The smallest absolute Gasteiger partial charge is 0.257 e. The number of hydrogen-bond acceptors (Lipinski definition) is 5. The van der Waals surface area contributed by atoms with Gasteiger partial charge in [-0.2, -0.15) is 5.10 Å². The molecule has 1 heterocycles. The first-order valence-electron chi connectivity index (χ1n) is 7.74. The maximum Gasteiger partial charge on any atom is 0.257 e. The number of amides is 1. The molecule has 1 N–H and O–H groups in total. The van der Waals surface area contributed by atoms with E-state index in [2.05, 4.69) is 15.5 Å². The van der Waals surface area contributed by atoms with Gasteiger partial charge in [0, 0.05) is 0 Å². The fraction of sp³-hybridized carbons (Fsp3) is 0.105. The lowest BCUT2D eigenvalue weighted by molar-refractivity contribution is -0.118. The second kappa shape index (κ2) is 8.30. The molecule has 0 aliphatic rings. The average Bonchev–Trinajstić information content (AvgIpc) is 3.04. The van der Waals surface area contributed by atoms with Gasteiger partial charge in [0.25, 0.3) is 11.1 Å². The first kappa shape index (κ1) is 17.0. The summed E-state index contributed by atoms with van der Waals surface area (Å²) in [5, 5.41) is 4.44. The van der Waals surface area contributed by atoms with E-state index in [0.717, 1.165) is 16.7 Å². The lowest BCUT2D eigenvalue weighted by Crippen LogP contribution is -2.19. The summed E-state index contributed by atoms with van der Waals surface area (Å²) in [5.74, 6) is -0.0259. The Labute approximate surface area is 149 Å². The number of carbonyl (C=O) groups is 1. The number of fused-ring (bicyclic) bond motifs is 1. The second-order valence-corrected chi connectivity index (χ2v) is 6.25. The zero-order valence-corrected chi connectivity index (χ0v) is 14.5. The van der Waals surface area contributed by atoms with Gasteiger partial charge in [0.05, 0.1) is 12.0 Å². The van der Waals surface area contributed by atoms with Crippen LogP contribution in [0.3, 0.4) is 0 Å². The van der Waals surface area contributed by atoms with Gasteiger partial charge in [-0.05, 0) is 30.2 Å². The largest absolute Gasteiger partial charge is 0.431 e. The number of para-hydroxylation sites is 2. The maximum absolute atomic E-state index is 11.8. The van der Waals surface area contributed by atoms with Crippen LogP contribution in [0, 0.1) is 0 Å². The van der Waals surface area contributed by atoms with Crippen LogP contribution in [0.25, 0.3) is 17.2 Å². The highest BCUT2D eigenvalue weighted by Gasteiger charge is 2.08. The molecule has 3 aromatic rings. The molecule has 0 radical (unpaired) electrons. The van der Waals surface area contributed by atoms with Crippen molar-refractivity contribution < 1.29 is 9.21 Å². The van der Waals surface area contributed by atoms with Crippen molar-refractivity contribution in [3.8, 4) is 0 Å². The van der Waals surface area contributed by atoms with Gasteiger partial charge in [0.2, 0.25) is 0 Å². The lowest BCUT2D eigenvalue weighted by Gasteiger charge is -1.98. The number of nitrogens with one attached hydrogen (secondary N) is 1. The summed E-state index contributed by atoms with van der Waals surface area (Å²) in [5.41, 5.74) is 6.03. The van der Waals surface area contributed by atoms with Crippen molar-refractivity contribution in [2.45, 2.75) is 12.1 Å². The van der Waals surface area contributed by atoms with Crippen molar-refractivity contribution in [3.63, 3.8) is 0 Å². The molecule has 1 amide bonds. The maximum atomic E-state index is 11.8. The standard InChI is InChI=1S/C19H17N3O2S/c1-14(11-15-7-3-2-4-8-15)12-20-22-18(23)13-25-19-21-16-9-5-6-10-17(16)24-19/h2-12H,13H2,1H3,(H,22,23)/b14-11-,20-12-. The summed E-state index contributed by atoms with van der Waals surface area (Å²) in [6.45, 7) is 1.93. The van der Waals surface area contributed by atoms with Crippen LogP contribution in [0.4, 0.5) is 0 Å². The molecule has 5 nitrogen and oxygen atoms in total. The average molecular weight is 351 g/mol. The quantitative estimate of drug-likeness (QED) is 0.412. The Morgan fingerprint density at radius 2 is 1.96 bits per heavy atom. The Morgan fingerprint density at radius 1 is 1.20 bits per heavy atom. The van der Waals surface area contributed by atoms with Crippen LogP contribution in [-0.2, 0) is 4.79 Å². The fourth-order valence-corrected chi connectivity index (χ4v) is 2.76. The molecule has 2 aromatic carbocycles. The molecule has 0 bridgehead atoms. The van der Waals surface area contributed by atoms with Gasteiger partial charge in [-0.25, -0.2) is 10.4 Å². The van der Waals surface area contributed by atoms with E-state index < -0.39 is 0 Å². The van der Waals surface area contributed by atoms with Crippen molar-refractivity contribution in [3.05, 3.63) is 65.7 Å². The van der Waals surface area contributed by atoms with Crippen molar-refractivity contribution in [2.75, 3.05) is 5.75 Å². The zero-order chi connectivity index (χ0) is 17.5. The predicted octanol–water partition coefficient (Wildman–Crippen LogP) is 4.13. The molecule has 0 unspecified atom stereocenters. The van der Waals surface area contributed by atoms with Crippen LogP contribution in [0.15, 0.2) is 74.9 Å². The van der Waals surface area contributed by atoms with E-state index in [1.54, 1.807) is 6.21 Å². The highest BCUT2D eigenvalue weighted by Crippen LogP contribution is 2.22. The Hall–Kier alpha value is -2.86. The molecule has 0 atom stereocenters. The summed E-state index contributed by atoms with van der Waals surface area (Å²) in [7, 11) is 0. The van der Waals surface area contributed by atoms with Gasteiger partial charge in [-0.1, -0.05) is 60.3 Å². The van der Waals surface area contributed by atoms with E-state index in [1.165, 1.54) is 11.8 Å². The normalized spacial score (nSPS) is 12.0. The number of thioether (sulfide) groups is 1. The van der Waals surface area contributed by atoms with Crippen LogP contribution in [-0.4, -0.2) is 22.9 Å². The zero-order valence-electron chi connectivity index (χ0n) is 13.7. The minimum absolute atomic E-state index is 0.186. The first-order chi connectivity index (χ1) is 12.2. The summed E-state index contributed by atoms with van der Waals surface area (Å²) < 4.78 is 5.55. The fourth-order valence-electron chi connectivity index (χ4n) is 2.13. The summed E-state index contributed by atoms with van der Waals surface area (Å²) in [6.07, 6.45) is 3.61. The van der Waals surface area contributed by atoms with Crippen LogP contribution < -0.4 is 5.43 Å². The molecule has 0 spiro atoms. The Bertz CT molecular complexity index is 884. The minimum atomic E-state index is -0.212. The third-order valence-corrected chi connectivity index (χ3v) is 4.08. The van der Waals surface area contributed by atoms with E-state index >= 15 is 0 Å². The molecular weight excluding hydrogens is 334 g/mol. The second-order valence-electron chi connectivity index (χ2n) is 5.33. The molecule has 0 saturated carbocycles. The number of hydrogen-bond donors (Lipinski definition) is 1. The highest BCUT2D eigenvalue weighted by atomic mass is 32.2. The topological polar surface area (TPSA) is 67.5 Å². The van der Waals surface area contributed by atoms with Crippen molar-refractivity contribution in [1.82, 2.24) is 10.4 Å². The summed E-state index contributed by atoms with van der Waals surface area (Å²) in [4.78, 5) is 16.1. The molecule has 0 aliphatic carbocycles. The van der Waals surface area contributed by atoms with Gasteiger partial charge in [-0.3, -0.25) is 4.79 Å². The molecular formula is C19H17N3O2S. The molecule has 126 valence electrons. The molecule has 0 fully saturated rings. The van der Waals surface area contributed by atoms with Crippen LogP contribution in [0.2, 0.25) is 0 Å². The Balaban J connectivity index is 1.48. The first-order valence-corrected chi connectivity index (χ1v) is 8.73.